The van der Waals surface area contributed by atoms with Crippen LogP contribution in [0.2, 0.25) is 0 Å². The summed E-state index contributed by atoms with van der Waals surface area (Å²) in [7, 11) is 0. The minimum atomic E-state index is -0.142. The lowest BCUT2D eigenvalue weighted by Crippen LogP contribution is -2.26. The number of imidazole rings is 1. The second-order valence-corrected chi connectivity index (χ2v) is 7.11. The second-order valence-electron chi connectivity index (χ2n) is 6.23. The first-order chi connectivity index (χ1) is 10.4. The minimum absolute atomic E-state index is 0.121. The Balaban J connectivity index is 1.72. The van der Waals surface area contributed by atoms with E-state index in [2.05, 4.69) is 36.2 Å². The number of carbonyl (C=O) groups is 1. The number of aromatic nitrogens is 4. The monoisotopic (exact) mass is 317 g/mol. The highest BCUT2D eigenvalue weighted by Crippen LogP contribution is 2.18. The Kier molecular flexibility index (Phi) is 3.52. The number of rotatable bonds is 3. The van der Waals surface area contributed by atoms with Crippen LogP contribution in [0.1, 0.15) is 42.5 Å². The molecule has 6 nitrogen and oxygen atoms in total. The van der Waals surface area contributed by atoms with Crippen LogP contribution in [0, 0.1) is 6.92 Å². The molecule has 0 aliphatic carbocycles. The van der Waals surface area contributed by atoms with Crippen molar-refractivity contribution < 1.29 is 4.79 Å². The van der Waals surface area contributed by atoms with Crippen molar-refractivity contribution in [2.24, 2.45) is 0 Å². The van der Waals surface area contributed by atoms with E-state index in [4.69, 9.17) is 0 Å². The van der Waals surface area contributed by atoms with E-state index in [1.54, 1.807) is 17.5 Å². The molecule has 1 amide bonds. The largest absolute Gasteiger partial charge is 0.346 e. The first-order valence-electron chi connectivity index (χ1n) is 7.10. The summed E-state index contributed by atoms with van der Waals surface area (Å²) in [5.41, 5.74) is 2.18. The van der Waals surface area contributed by atoms with Gasteiger partial charge in [0.1, 0.15) is 0 Å². The Labute approximate surface area is 132 Å². The molecule has 0 bridgehead atoms. The van der Waals surface area contributed by atoms with E-state index < -0.39 is 0 Å². The highest BCUT2D eigenvalue weighted by molar-refractivity contribution is 7.15. The zero-order valence-corrected chi connectivity index (χ0v) is 13.9. The van der Waals surface area contributed by atoms with Crippen molar-refractivity contribution in [1.29, 1.82) is 0 Å². The maximum Gasteiger partial charge on any atom is 0.255 e. The molecule has 0 aliphatic heterocycles. The highest BCUT2D eigenvalue weighted by atomic mass is 32.1. The topological polar surface area (TPSA) is 64.2 Å². The van der Waals surface area contributed by atoms with Crippen LogP contribution >= 0.6 is 11.3 Å². The number of fused-ring (bicyclic) bond motifs is 1. The Hall–Kier alpha value is -2.15. The van der Waals surface area contributed by atoms with Gasteiger partial charge in [-0.3, -0.25) is 13.9 Å². The molecule has 1 N–H and O–H groups in total. The third kappa shape index (κ3) is 2.64. The van der Waals surface area contributed by atoms with Gasteiger partial charge in [-0.25, -0.2) is 4.98 Å². The van der Waals surface area contributed by atoms with Crippen molar-refractivity contribution in [3.05, 3.63) is 40.9 Å². The summed E-state index contributed by atoms with van der Waals surface area (Å²) in [5.74, 6) is -0.121. The Bertz CT molecular complexity index is 792. The fourth-order valence-electron chi connectivity index (χ4n) is 2.44. The summed E-state index contributed by atoms with van der Waals surface area (Å²) in [6, 6.07) is 0. The van der Waals surface area contributed by atoms with Crippen LogP contribution in [0.15, 0.2) is 24.0 Å². The lowest BCUT2D eigenvalue weighted by Gasteiger charge is -2.21. The zero-order chi connectivity index (χ0) is 15.9. The van der Waals surface area contributed by atoms with Crippen LogP contribution in [-0.2, 0) is 12.1 Å². The molecule has 0 aliphatic rings. The van der Waals surface area contributed by atoms with Gasteiger partial charge in [0.05, 0.1) is 29.5 Å². The number of nitrogens with zero attached hydrogens (tertiary/aromatic N) is 4. The molecule has 0 radical (unpaired) electrons. The Morgan fingerprint density at radius 2 is 2.18 bits per heavy atom. The number of carbonyl (C=O) groups excluding carboxylic acids is 1. The quantitative estimate of drug-likeness (QED) is 0.807. The predicted molar refractivity (Wildman–Crippen MR) is 86.2 cm³/mol. The van der Waals surface area contributed by atoms with E-state index in [1.807, 2.05) is 33.8 Å². The summed E-state index contributed by atoms with van der Waals surface area (Å²) < 4.78 is 3.82. The summed E-state index contributed by atoms with van der Waals surface area (Å²) in [6.45, 7) is 8.51. The van der Waals surface area contributed by atoms with E-state index >= 15 is 0 Å². The van der Waals surface area contributed by atoms with Gasteiger partial charge in [-0.2, -0.15) is 5.10 Å². The SMILES string of the molecule is Cc1c(C(=O)NCc2cn3ccsc3n2)cnn1C(C)(C)C. The van der Waals surface area contributed by atoms with Gasteiger partial charge in [0, 0.05) is 23.5 Å². The lowest BCUT2D eigenvalue weighted by atomic mass is 10.1. The average molecular weight is 317 g/mol. The molecule has 0 saturated heterocycles. The van der Waals surface area contributed by atoms with Crippen LogP contribution in [0.3, 0.4) is 0 Å². The molecular formula is C15H19N5OS. The Morgan fingerprint density at radius 1 is 1.41 bits per heavy atom. The van der Waals surface area contributed by atoms with Crippen LogP contribution in [-0.4, -0.2) is 25.1 Å². The van der Waals surface area contributed by atoms with Crippen LogP contribution in [0.5, 0.6) is 0 Å². The first kappa shape index (κ1) is 14.8. The van der Waals surface area contributed by atoms with Crippen molar-refractivity contribution in [1.82, 2.24) is 24.5 Å². The average Bonchev–Trinajstić information content (AvgIpc) is 3.08. The van der Waals surface area contributed by atoms with Gasteiger partial charge in [-0.1, -0.05) is 0 Å². The third-order valence-corrected chi connectivity index (χ3v) is 4.23. The molecule has 3 rings (SSSR count). The normalized spacial score (nSPS) is 12.0. The van der Waals surface area contributed by atoms with Gasteiger partial charge < -0.3 is 5.32 Å². The maximum atomic E-state index is 12.3. The molecule has 116 valence electrons. The molecule has 3 aromatic rings. The number of amides is 1. The van der Waals surface area contributed by atoms with E-state index in [9.17, 15) is 4.79 Å². The van der Waals surface area contributed by atoms with Crippen LogP contribution in [0.25, 0.3) is 4.96 Å². The molecule has 0 atom stereocenters. The van der Waals surface area contributed by atoms with Gasteiger partial charge in [0.15, 0.2) is 4.96 Å². The minimum Gasteiger partial charge on any atom is -0.346 e. The summed E-state index contributed by atoms with van der Waals surface area (Å²) in [4.78, 5) is 17.7. The molecule has 0 fully saturated rings. The lowest BCUT2D eigenvalue weighted by molar-refractivity contribution is 0.0949. The fourth-order valence-corrected chi connectivity index (χ4v) is 3.16. The highest BCUT2D eigenvalue weighted by Gasteiger charge is 2.21. The van der Waals surface area contributed by atoms with Gasteiger partial charge >= 0.3 is 0 Å². The van der Waals surface area contributed by atoms with E-state index in [0.717, 1.165) is 16.3 Å². The van der Waals surface area contributed by atoms with Crippen molar-refractivity contribution in [2.45, 2.75) is 39.8 Å². The van der Waals surface area contributed by atoms with Crippen molar-refractivity contribution in [3.8, 4) is 0 Å². The van der Waals surface area contributed by atoms with Crippen molar-refractivity contribution in [2.75, 3.05) is 0 Å². The van der Waals surface area contributed by atoms with E-state index in [0.29, 0.717) is 12.1 Å². The summed E-state index contributed by atoms with van der Waals surface area (Å²) >= 11 is 1.57. The van der Waals surface area contributed by atoms with Crippen molar-refractivity contribution >= 4 is 22.2 Å². The molecule has 3 heterocycles. The van der Waals surface area contributed by atoms with Gasteiger partial charge in [0.25, 0.3) is 5.91 Å². The van der Waals surface area contributed by atoms with Crippen LogP contribution in [0.4, 0.5) is 0 Å². The van der Waals surface area contributed by atoms with Gasteiger partial charge in [-0.05, 0) is 27.7 Å². The van der Waals surface area contributed by atoms with E-state index in [-0.39, 0.29) is 11.4 Å². The zero-order valence-electron chi connectivity index (χ0n) is 13.1. The number of thiazole rings is 1. The third-order valence-electron chi connectivity index (χ3n) is 3.46. The molecule has 0 aromatic carbocycles. The second kappa shape index (κ2) is 5.24. The Morgan fingerprint density at radius 3 is 2.82 bits per heavy atom. The van der Waals surface area contributed by atoms with Crippen molar-refractivity contribution in [3.63, 3.8) is 0 Å². The molecule has 7 heteroatoms. The number of hydrogen-bond donors (Lipinski definition) is 1. The van der Waals surface area contributed by atoms with Gasteiger partial charge in [-0.15, -0.1) is 11.3 Å². The number of hydrogen-bond acceptors (Lipinski definition) is 4. The molecule has 0 spiro atoms. The predicted octanol–water partition coefficient (Wildman–Crippen LogP) is 2.59. The number of nitrogens with one attached hydrogen (secondary N) is 1. The standard InChI is InChI=1S/C15H19N5OS/c1-10-12(8-17-20(10)15(2,3)4)13(21)16-7-11-9-19-5-6-22-14(19)18-11/h5-6,8-9H,7H2,1-4H3,(H,16,21). The molecule has 0 saturated carbocycles. The molecular weight excluding hydrogens is 298 g/mol. The van der Waals surface area contributed by atoms with Gasteiger partial charge in [0.2, 0.25) is 0 Å². The molecule has 3 aromatic heterocycles. The smallest absolute Gasteiger partial charge is 0.255 e. The summed E-state index contributed by atoms with van der Waals surface area (Å²) in [5, 5.41) is 9.22. The summed E-state index contributed by atoms with van der Waals surface area (Å²) in [6.07, 6.45) is 5.51. The maximum absolute atomic E-state index is 12.3. The molecule has 0 unspecified atom stereocenters. The van der Waals surface area contributed by atoms with Crippen LogP contribution < -0.4 is 5.32 Å². The fraction of sp³-hybridized carbons (Fsp3) is 0.400. The first-order valence-corrected chi connectivity index (χ1v) is 7.98. The van der Waals surface area contributed by atoms with E-state index in [1.165, 1.54) is 0 Å². The molecule has 22 heavy (non-hydrogen) atoms.